The van der Waals surface area contributed by atoms with Crippen LogP contribution in [0.25, 0.3) is 11.6 Å². The van der Waals surface area contributed by atoms with Gasteiger partial charge in [-0.15, -0.1) is 0 Å². The van der Waals surface area contributed by atoms with E-state index in [2.05, 4.69) is 6.07 Å². The van der Waals surface area contributed by atoms with Gasteiger partial charge in [0, 0.05) is 0 Å². The van der Waals surface area contributed by atoms with Crippen LogP contribution in [0.1, 0.15) is 25.0 Å². The summed E-state index contributed by atoms with van der Waals surface area (Å²) in [5, 5.41) is 9.51. The molecule has 0 aliphatic heterocycles. The Kier molecular flexibility index (Phi) is 6.40. The highest BCUT2D eigenvalue weighted by Gasteiger charge is 2.10. The van der Waals surface area contributed by atoms with Crippen molar-refractivity contribution < 1.29 is 19.0 Å². The molecule has 26 heavy (non-hydrogen) atoms. The van der Waals surface area contributed by atoms with E-state index in [0.717, 1.165) is 11.1 Å². The maximum atomic E-state index is 11.6. The number of nitrogens with zero attached hydrogens (tertiary/aromatic N) is 1. The molecule has 0 bridgehead atoms. The van der Waals surface area contributed by atoms with Crippen molar-refractivity contribution in [2.75, 3.05) is 14.2 Å². The Labute approximate surface area is 153 Å². The van der Waals surface area contributed by atoms with Crippen molar-refractivity contribution in [2.24, 2.45) is 5.92 Å². The molecule has 0 amide bonds. The van der Waals surface area contributed by atoms with Crippen molar-refractivity contribution >= 4 is 17.6 Å². The molecule has 5 heteroatoms. The number of methoxy groups -OCH3 is 2. The lowest BCUT2D eigenvalue weighted by Crippen LogP contribution is -2.14. The highest BCUT2D eigenvalue weighted by Crippen LogP contribution is 2.31. The average Bonchev–Trinajstić information content (AvgIpc) is 2.66. The fraction of sp³-hybridized carbons (Fsp3) is 0.238. The second-order valence-corrected chi connectivity index (χ2v) is 5.88. The summed E-state index contributed by atoms with van der Waals surface area (Å²) in [5.41, 5.74) is 2.03. The molecule has 2 rings (SSSR count). The molecule has 0 unspecified atom stereocenters. The molecule has 0 spiro atoms. The smallest absolute Gasteiger partial charge is 0.313 e. The summed E-state index contributed by atoms with van der Waals surface area (Å²) in [4.78, 5) is 11.6. The molecule has 0 atom stereocenters. The molecule has 0 N–H and O–H groups in total. The molecule has 0 aliphatic carbocycles. The van der Waals surface area contributed by atoms with E-state index in [-0.39, 0.29) is 11.9 Å². The van der Waals surface area contributed by atoms with E-state index < -0.39 is 0 Å². The lowest BCUT2D eigenvalue weighted by Gasteiger charge is -2.09. The summed E-state index contributed by atoms with van der Waals surface area (Å²) in [5.74, 6) is 1.17. The predicted molar refractivity (Wildman–Crippen MR) is 99.9 cm³/mol. The Morgan fingerprint density at radius 2 is 1.69 bits per heavy atom. The number of esters is 1. The summed E-state index contributed by atoms with van der Waals surface area (Å²) >= 11 is 0. The molecule has 0 saturated heterocycles. The largest absolute Gasteiger partial charge is 0.493 e. The first kappa shape index (κ1) is 19.1. The highest BCUT2D eigenvalue weighted by atomic mass is 16.5. The zero-order chi connectivity index (χ0) is 19.1. The number of ether oxygens (including phenoxy) is 3. The van der Waals surface area contributed by atoms with Gasteiger partial charge in [-0.1, -0.05) is 26.0 Å². The van der Waals surface area contributed by atoms with Gasteiger partial charge in [0.15, 0.2) is 11.5 Å². The first-order chi connectivity index (χ1) is 12.5. The van der Waals surface area contributed by atoms with Crippen LogP contribution in [-0.4, -0.2) is 20.2 Å². The van der Waals surface area contributed by atoms with Crippen LogP contribution in [0.2, 0.25) is 0 Å². The fourth-order valence-electron chi connectivity index (χ4n) is 2.22. The first-order valence-electron chi connectivity index (χ1n) is 8.14. The Bertz CT molecular complexity index is 845. The van der Waals surface area contributed by atoms with Crippen LogP contribution in [-0.2, 0) is 4.79 Å². The minimum atomic E-state index is -0.281. The van der Waals surface area contributed by atoms with Gasteiger partial charge in [0.2, 0.25) is 0 Å². The lowest BCUT2D eigenvalue weighted by molar-refractivity contribution is -0.137. The molecule has 0 radical (unpaired) electrons. The third-order valence-corrected chi connectivity index (χ3v) is 3.70. The number of carbonyl (C=O) groups is 1. The van der Waals surface area contributed by atoms with Gasteiger partial charge < -0.3 is 14.2 Å². The van der Waals surface area contributed by atoms with Gasteiger partial charge in [0.1, 0.15) is 5.75 Å². The van der Waals surface area contributed by atoms with Gasteiger partial charge >= 0.3 is 5.97 Å². The molecule has 0 aliphatic rings. The molecular weight excluding hydrogens is 330 g/mol. The summed E-state index contributed by atoms with van der Waals surface area (Å²) in [6.07, 6.45) is 1.76. The van der Waals surface area contributed by atoms with E-state index in [4.69, 9.17) is 14.2 Å². The van der Waals surface area contributed by atoms with Gasteiger partial charge in [-0.3, -0.25) is 4.79 Å². The SMILES string of the molecule is COc1ccc(/C(C#N)=C\c2ccc(OC(=O)C(C)C)cc2)cc1OC. The van der Waals surface area contributed by atoms with Crippen LogP contribution in [0.5, 0.6) is 17.2 Å². The number of allylic oxidation sites excluding steroid dienone is 1. The summed E-state index contributed by atoms with van der Waals surface area (Å²) < 4.78 is 15.7. The molecule has 2 aromatic carbocycles. The number of hydrogen-bond acceptors (Lipinski definition) is 5. The molecule has 0 aromatic heterocycles. The molecule has 0 saturated carbocycles. The van der Waals surface area contributed by atoms with Crippen LogP contribution in [0, 0.1) is 17.2 Å². The van der Waals surface area contributed by atoms with Crippen molar-refractivity contribution in [3.63, 3.8) is 0 Å². The normalized spacial score (nSPS) is 11.0. The van der Waals surface area contributed by atoms with Crippen LogP contribution in [0.4, 0.5) is 0 Å². The molecule has 134 valence electrons. The molecule has 0 fully saturated rings. The zero-order valence-electron chi connectivity index (χ0n) is 15.3. The minimum Gasteiger partial charge on any atom is -0.493 e. The van der Waals surface area contributed by atoms with Crippen molar-refractivity contribution in [2.45, 2.75) is 13.8 Å². The minimum absolute atomic E-state index is 0.190. The average molecular weight is 351 g/mol. The standard InChI is InChI=1S/C21H21NO4/c1-14(2)21(23)26-18-8-5-15(6-9-18)11-17(13-22)16-7-10-19(24-3)20(12-16)25-4/h5-12,14H,1-4H3/b17-11-. The van der Waals surface area contributed by atoms with E-state index in [1.807, 2.05) is 0 Å². The van der Waals surface area contributed by atoms with Crippen LogP contribution in [0.15, 0.2) is 42.5 Å². The van der Waals surface area contributed by atoms with Crippen molar-refractivity contribution in [1.29, 1.82) is 5.26 Å². The Morgan fingerprint density at radius 3 is 2.23 bits per heavy atom. The molecule has 2 aromatic rings. The summed E-state index contributed by atoms with van der Waals surface area (Å²) in [6.45, 7) is 3.56. The lowest BCUT2D eigenvalue weighted by atomic mass is 10.0. The van der Waals surface area contributed by atoms with Crippen molar-refractivity contribution in [3.8, 4) is 23.3 Å². The third-order valence-electron chi connectivity index (χ3n) is 3.70. The summed E-state index contributed by atoms with van der Waals surface area (Å²) in [6, 6.07) is 14.5. The maximum absolute atomic E-state index is 11.6. The van der Waals surface area contributed by atoms with E-state index in [1.165, 1.54) is 0 Å². The number of rotatable bonds is 6. The number of carbonyl (C=O) groups excluding carboxylic acids is 1. The van der Waals surface area contributed by atoms with Gasteiger partial charge in [-0.25, -0.2) is 0 Å². The zero-order valence-corrected chi connectivity index (χ0v) is 15.3. The van der Waals surface area contributed by atoms with Crippen molar-refractivity contribution in [3.05, 3.63) is 53.6 Å². The first-order valence-corrected chi connectivity index (χ1v) is 8.14. The van der Waals surface area contributed by atoms with Gasteiger partial charge in [0.05, 0.1) is 31.8 Å². The van der Waals surface area contributed by atoms with Crippen LogP contribution >= 0.6 is 0 Å². The number of nitriles is 1. The number of hydrogen-bond donors (Lipinski definition) is 0. The summed E-state index contributed by atoms with van der Waals surface area (Å²) in [7, 11) is 3.11. The second kappa shape index (κ2) is 8.72. The Balaban J connectivity index is 2.26. The topological polar surface area (TPSA) is 68.5 Å². The Morgan fingerprint density at radius 1 is 1.04 bits per heavy atom. The number of benzene rings is 2. The van der Waals surface area contributed by atoms with Crippen LogP contribution < -0.4 is 14.2 Å². The van der Waals surface area contributed by atoms with E-state index in [9.17, 15) is 10.1 Å². The fourth-order valence-corrected chi connectivity index (χ4v) is 2.22. The predicted octanol–water partition coefficient (Wildman–Crippen LogP) is 4.33. The maximum Gasteiger partial charge on any atom is 0.313 e. The van der Waals surface area contributed by atoms with E-state index in [0.29, 0.717) is 22.8 Å². The second-order valence-electron chi connectivity index (χ2n) is 5.88. The Hall–Kier alpha value is -3.26. The van der Waals surface area contributed by atoms with E-state index >= 15 is 0 Å². The molecule has 0 heterocycles. The molecular formula is C21H21NO4. The van der Waals surface area contributed by atoms with Crippen LogP contribution in [0.3, 0.4) is 0 Å². The quantitative estimate of drug-likeness (QED) is 0.335. The van der Waals surface area contributed by atoms with Gasteiger partial charge in [0.25, 0.3) is 0 Å². The third kappa shape index (κ3) is 4.64. The van der Waals surface area contributed by atoms with Crippen molar-refractivity contribution in [1.82, 2.24) is 0 Å². The van der Waals surface area contributed by atoms with Gasteiger partial charge in [-0.2, -0.15) is 5.26 Å². The van der Waals surface area contributed by atoms with Gasteiger partial charge in [-0.05, 0) is 47.5 Å². The molecule has 5 nitrogen and oxygen atoms in total. The monoisotopic (exact) mass is 351 g/mol. The highest BCUT2D eigenvalue weighted by molar-refractivity contribution is 5.90. The van der Waals surface area contributed by atoms with E-state index in [1.54, 1.807) is 76.6 Å².